The largest absolute Gasteiger partial charge is 0.309 e. The molecule has 4 rings (SSSR count). The normalized spacial score (nSPS) is 17.1. The number of aromatic amines is 1. The average Bonchev–Trinajstić information content (AvgIpc) is 3.12. The highest BCUT2D eigenvalue weighted by Gasteiger charge is 2.25. The fraction of sp³-hybridized carbons (Fsp3) is 0.353. The molecule has 0 amide bonds. The number of fused-ring (bicyclic) bond motifs is 2. The van der Waals surface area contributed by atoms with Crippen molar-refractivity contribution < 1.29 is 0 Å². The van der Waals surface area contributed by atoms with Gasteiger partial charge in [0.25, 0.3) is 5.56 Å². The molecule has 0 saturated heterocycles. The Balaban J connectivity index is 1.63. The molecule has 0 bridgehead atoms. The fourth-order valence-electron chi connectivity index (χ4n) is 3.49. The minimum Gasteiger partial charge on any atom is -0.309 e. The van der Waals surface area contributed by atoms with Crippen LogP contribution >= 0.6 is 0 Å². The van der Waals surface area contributed by atoms with Crippen molar-refractivity contribution in [2.75, 3.05) is 7.05 Å². The van der Waals surface area contributed by atoms with E-state index in [0.29, 0.717) is 29.4 Å². The van der Waals surface area contributed by atoms with Crippen LogP contribution in [0, 0.1) is 0 Å². The van der Waals surface area contributed by atoms with Crippen molar-refractivity contribution in [3.63, 3.8) is 0 Å². The summed E-state index contributed by atoms with van der Waals surface area (Å²) in [6.45, 7) is 0.607. The zero-order valence-electron chi connectivity index (χ0n) is 13.3. The molecule has 3 aromatic rings. The van der Waals surface area contributed by atoms with Crippen LogP contribution in [0.15, 0.2) is 35.3 Å². The van der Waals surface area contributed by atoms with Crippen LogP contribution in [-0.2, 0) is 20.0 Å². The molecule has 118 valence electrons. The van der Waals surface area contributed by atoms with Crippen LogP contribution in [-0.4, -0.2) is 31.7 Å². The third kappa shape index (κ3) is 2.35. The Morgan fingerprint density at radius 3 is 3.09 bits per heavy atom. The quantitative estimate of drug-likeness (QED) is 0.801. The molecule has 0 radical (unpaired) electrons. The molecule has 1 aromatic carbocycles. The molecular formula is C17H19N5O. The highest BCUT2D eigenvalue weighted by molar-refractivity contribution is 5.72. The molecule has 0 spiro atoms. The molecular weight excluding hydrogens is 290 g/mol. The number of hydrogen-bond donors (Lipinski definition) is 1. The number of rotatable bonds is 3. The number of aryl methyl sites for hydroxylation is 2. The van der Waals surface area contributed by atoms with Gasteiger partial charge in [-0.25, -0.2) is 4.98 Å². The van der Waals surface area contributed by atoms with Crippen LogP contribution in [0.2, 0.25) is 0 Å². The highest BCUT2D eigenvalue weighted by atomic mass is 16.1. The molecule has 0 aliphatic heterocycles. The van der Waals surface area contributed by atoms with Gasteiger partial charge in [0.15, 0.2) is 5.65 Å². The predicted molar refractivity (Wildman–Crippen MR) is 88.1 cm³/mol. The molecule has 23 heavy (non-hydrogen) atoms. The fourth-order valence-corrected chi connectivity index (χ4v) is 3.49. The van der Waals surface area contributed by atoms with Crippen molar-refractivity contribution >= 4 is 11.0 Å². The van der Waals surface area contributed by atoms with E-state index < -0.39 is 0 Å². The standard InChI is InChI=1S/C17H19N5O/c1-21(14-8-7-11-5-3-4-6-12(11)14)10-15-19-16-13(17(23)20-15)9-18-22(16)2/h3-6,9,14H,7-8,10H2,1-2H3,(H,19,20,23)/t14-/m0/s1. The van der Waals surface area contributed by atoms with Gasteiger partial charge in [0.1, 0.15) is 11.2 Å². The van der Waals surface area contributed by atoms with Crippen molar-refractivity contribution in [3.8, 4) is 0 Å². The Labute approximate surface area is 133 Å². The second-order valence-electron chi connectivity index (χ2n) is 6.19. The minimum absolute atomic E-state index is 0.127. The summed E-state index contributed by atoms with van der Waals surface area (Å²) in [7, 11) is 3.88. The van der Waals surface area contributed by atoms with E-state index in [-0.39, 0.29) is 5.56 Å². The topological polar surface area (TPSA) is 66.8 Å². The molecule has 1 N–H and O–H groups in total. The van der Waals surface area contributed by atoms with Gasteiger partial charge in [0.05, 0.1) is 12.7 Å². The van der Waals surface area contributed by atoms with Crippen LogP contribution in [0.25, 0.3) is 11.0 Å². The first kappa shape index (κ1) is 14.1. The molecule has 0 unspecified atom stereocenters. The first-order valence-electron chi connectivity index (χ1n) is 7.82. The van der Waals surface area contributed by atoms with E-state index in [9.17, 15) is 4.79 Å². The molecule has 1 atom stereocenters. The number of aromatic nitrogens is 4. The van der Waals surface area contributed by atoms with Crippen molar-refractivity contribution in [1.29, 1.82) is 0 Å². The summed E-state index contributed by atoms with van der Waals surface area (Å²) >= 11 is 0. The van der Waals surface area contributed by atoms with Gasteiger partial charge in [-0.3, -0.25) is 14.4 Å². The van der Waals surface area contributed by atoms with E-state index >= 15 is 0 Å². The summed E-state index contributed by atoms with van der Waals surface area (Å²) in [6, 6.07) is 8.96. The third-order valence-electron chi connectivity index (χ3n) is 4.68. The number of nitrogens with zero attached hydrogens (tertiary/aromatic N) is 4. The summed E-state index contributed by atoms with van der Waals surface area (Å²) in [6.07, 6.45) is 3.77. The molecule has 0 saturated carbocycles. The molecule has 6 nitrogen and oxygen atoms in total. The minimum atomic E-state index is -0.127. The number of nitrogens with one attached hydrogen (secondary N) is 1. The van der Waals surface area contributed by atoms with Crippen molar-refractivity contribution in [2.24, 2.45) is 7.05 Å². The maximum absolute atomic E-state index is 12.1. The Morgan fingerprint density at radius 1 is 1.39 bits per heavy atom. The Bertz CT molecular complexity index is 926. The van der Waals surface area contributed by atoms with Crippen molar-refractivity contribution in [3.05, 3.63) is 57.8 Å². The van der Waals surface area contributed by atoms with E-state index in [1.54, 1.807) is 17.9 Å². The molecule has 1 aliphatic carbocycles. The van der Waals surface area contributed by atoms with Crippen LogP contribution in [0.1, 0.15) is 29.4 Å². The monoisotopic (exact) mass is 309 g/mol. The van der Waals surface area contributed by atoms with E-state index in [2.05, 4.69) is 51.3 Å². The SMILES string of the molecule is CN(Cc1nc2c(cnn2C)c(=O)[nH]1)[C@H]1CCc2ccccc21. The zero-order valence-corrected chi connectivity index (χ0v) is 13.3. The number of H-pyrrole nitrogens is 1. The lowest BCUT2D eigenvalue weighted by Crippen LogP contribution is -2.25. The van der Waals surface area contributed by atoms with E-state index in [0.717, 1.165) is 12.8 Å². The Morgan fingerprint density at radius 2 is 2.22 bits per heavy atom. The lowest BCUT2D eigenvalue weighted by molar-refractivity contribution is 0.230. The first-order valence-corrected chi connectivity index (χ1v) is 7.82. The maximum Gasteiger partial charge on any atom is 0.262 e. The third-order valence-corrected chi connectivity index (χ3v) is 4.68. The van der Waals surface area contributed by atoms with Crippen molar-refractivity contribution in [1.82, 2.24) is 24.6 Å². The maximum atomic E-state index is 12.1. The van der Waals surface area contributed by atoms with Gasteiger partial charge in [-0.15, -0.1) is 0 Å². The Kier molecular flexibility index (Phi) is 3.27. The predicted octanol–water partition coefficient (Wildman–Crippen LogP) is 1.78. The molecule has 0 fully saturated rings. The van der Waals surface area contributed by atoms with Crippen LogP contribution in [0.3, 0.4) is 0 Å². The van der Waals surface area contributed by atoms with Gasteiger partial charge >= 0.3 is 0 Å². The second-order valence-corrected chi connectivity index (χ2v) is 6.19. The van der Waals surface area contributed by atoms with Crippen LogP contribution in [0.5, 0.6) is 0 Å². The van der Waals surface area contributed by atoms with Gasteiger partial charge in [0.2, 0.25) is 0 Å². The summed E-state index contributed by atoms with van der Waals surface area (Å²) < 4.78 is 1.64. The molecule has 6 heteroatoms. The zero-order chi connectivity index (χ0) is 16.0. The molecule has 1 aliphatic rings. The first-order chi connectivity index (χ1) is 11.1. The van der Waals surface area contributed by atoms with Gasteiger partial charge in [-0.05, 0) is 31.0 Å². The van der Waals surface area contributed by atoms with E-state index in [1.165, 1.54) is 11.1 Å². The summed E-state index contributed by atoms with van der Waals surface area (Å²) in [5.74, 6) is 0.679. The number of benzene rings is 1. The van der Waals surface area contributed by atoms with Gasteiger partial charge in [-0.1, -0.05) is 24.3 Å². The molecule has 2 heterocycles. The summed E-state index contributed by atoms with van der Waals surface area (Å²) in [5.41, 5.74) is 3.31. The van der Waals surface area contributed by atoms with Gasteiger partial charge in [0, 0.05) is 13.1 Å². The van der Waals surface area contributed by atoms with Crippen molar-refractivity contribution in [2.45, 2.75) is 25.4 Å². The second kappa shape index (κ2) is 5.31. The van der Waals surface area contributed by atoms with Gasteiger partial charge < -0.3 is 4.98 Å². The van der Waals surface area contributed by atoms with E-state index in [1.807, 2.05) is 0 Å². The summed E-state index contributed by atoms with van der Waals surface area (Å²) in [5, 5.41) is 4.64. The van der Waals surface area contributed by atoms with Crippen LogP contribution < -0.4 is 5.56 Å². The van der Waals surface area contributed by atoms with E-state index in [4.69, 9.17) is 0 Å². The van der Waals surface area contributed by atoms with Crippen LogP contribution in [0.4, 0.5) is 0 Å². The smallest absolute Gasteiger partial charge is 0.262 e. The molecule has 2 aromatic heterocycles. The Hall–Kier alpha value is -2.47. The highest BCUT2D eigenvalue weighted by Crippen LogP contribution is 2.35. The lowest BCUT2D eigenvalue weighted by atomic mass is 10.1. The number of hydrogen-bond acceptors (Lipinski definition) is 4. The lowest BCUT2D eigenvalue weighted by Gasteiger charge is -2.24. The summed E-state index contributed by atoms with van der Waals surface area (Å²) in [4.78, 5) is 21.8. The van der Waals surface area contributed by atoms with Gasteiger partial charge in [-0.2, -0.15) is 5.10 Å². The average molecular weight is 309 g/mol.